The fourth-order valence-electron chi connectivity index (χ4n) is 0.757. The van der Waals surface area contributed by atoms with Crippen LogP contribution in [0.3, 0.4) is 0 Å². The third-order valence-corrected chi connectivity index (χ3v) is 1.25. The van der Waals surface area contributed by atoms with Gasteiger partial charge in [-0.2, -0.15) is 0 Å². The first-order valence-corrected chi connectivity index (χ1v) is 2.50. The van der Waals surface area contributed by atoms with Crippen LogP contribution in [0, 0.1) is 0 Å². The van der Waals surface area contributed by atoms with Gasteiger partial charge in [0.25, 0.3) is 0 Å². The predicted octanol–water partition coefficient (Wildman–Crippen LogP) is -0.603. The summed E-state index contributed by atoms with van der Waals surface area (Å²) in [5, 5.41) is 2.61. The van der Waals surface area contributed by atoms with Crippen LogP contribution in [-0.4, -0.2) is 18.2 Å². The van der Waals surface area contributed by atoms with E-state index in [1.165, 1.54) is 6.08 Å². The molecule has 0 aromatic carbocycles. The number of hydrogen-bond donors (Lipinski definition) is 1. The van der Waals surface area contributed by atoms with E-state index in [-0.39, 0.29) is 18.2 Å². The second kappa shape index (κ2) is 1.11. The van der Waals surface area contributed by atoms with Crippen molar-refractivity contribution in [2.24, 2.45) is 0 Å². The zero-order chi connectivity index (χ0) is 5.56. The lowest BCUT2D eigenvalue weighted by Crippen LogP contribution is -2.28. The van der Waals surface area contributed by atoms with Gasteiger partial charge in [0.1, 0.15) is 6.10 Å². The normalized spacial score (nSPS) is 40.8. The lowest BCUT2D eigenvalue weighted by molar-refractivity contribution is -0.117. The maximum absolute atomic E-state index is 10.4. The van der Waals surface area contributed by atoms with Gasteiger partial charge in [-0.25, -0.2) is 0 Å². The molecule has 2 aliphatic heterocycles. The standard InChI is InChI=1S/C5H5NO2/c7-4-2-1-3-5(6-4)8-3/h1-3,5H,(H,6,7). The number of carbonyl (C=O) groups excluding carboxylic acids is 1. The van der Waals surface area contributed by atoms with Crippen molar-refractivity contribution in [2.75, 3.05) is 0 Å². The van der Waals surface area contributed by atoms with E-state index in [1.807, 2.05) is 0 Å². The van der Waals surface area contributed by atoms with Crippen molar-refractivity contribution in [2.45, 2.75) is 12.3 Å². The Morgan fingerprint density at radius 3 is 3.25 bits per heavy atom. The average Bonchev–Trinajstić information content (AvgIpc) is 2.43. The molecule has 0 aliphatic carbocycles. The van der Waals surface area contributed by atoms with E-state index in [9.17, 15) is 4.79 Å². The average molecular weight is 111 g/mol. The van der Waals surface area contributed by atoms with Crippen molar-refractivity contribution >= 4 is 5.91 Å². The Morgan fingerprint density at radius 1 is 1.75 bits per heavy atom. The number of amides is 1. The Bertz CT molecular complexity index is 164. The Labute approximate surface area is 46.3 Å². The minimum atomic E-state index is -0.0521. The summed E-state index contributed by atoms with van der Waals surface area (Å²) in [6, 6.07) is 0. The first kappa shape index (κ1) is 4.09. The maximum atomic E-state index is 10.4. The maximum Gasteiger partial charge on any atom is 0.245 e. The number of carbonyl (C=O) groups is 1. The van der Waals surface area contributed by atoms with E-state index >= 15 is 0 Å². The number of epoxide rings is 1. The molecule has 3 nitrogen and oxygen atoms in total. The molecule has 0 bridgehead atoms. The Hall–Kier alpha value is -0.830. The first-order valence-electron chi connectivity index (χ1n) is 2.50. The van der Waals surface area contributed by atoms with E-state index < -0.39 is 0 Å². The highest BCUT2D eigenvalue weighted by Gasteiger charge is 2.40. The highest BCUT2D eigenvalue weighted by atomic mass is 16.6. The van der Waals surface area contributed by atoms with Gasteiger partial charge in [0.05, 0.1) is 0 Å². The minimum absolute atomic E-state index is 0.00694. The van der Waals surface area contributed by atoms with Crippen LogP contribution >= 0.6 is 0 Å². The highest BCUT2D eigenvalue weighted by Crippen LogP contribution is 2.22. The number of ether oxygens (including phenoxy) is 1. The van der Waals surface area contributed by atoms with Crippen LogP contribution in [0.5, 0.6) is 0 Å². The predicted molar refractivity (Wildman–Crippen MR) is 25.9 cm³/mol. The van der Waals surface area contributed by atoms with Crippen LogP contribution in [0.1, 0.15) is 0 Å². The van der Waals surface area contributed by atoms with Crippen molar-refractivity contribution in [3.05, 3.63) is 12.2 Å². The number of rotatable bonds is 0. The zero-order valence-electron chi connectivity index (χ0n) is 4.13. The van der Waals surface area contributed by atoms with Crippen LogP contribution in [0.2, 0.25) is 0 Å². The summed E-state index contributed by atoms with van der Waals surface area (Å²) in [6.45, 7) is 0. The van der Waals surface area contributed by atoms with Gasteiger partial charge in [-0.1, -0.05) is 0 Å². The van der Waals surface area contributed by atoms with Crippen LogP contribution in [0.15, 0.2) is 12.2 Å². The molecular weight excluding hydrogens is 106 g/mol. The summed E-state index contributed by atoms with van der Waals surface area (Å²) < 4.78 is 4.93. The molecule has 0 radical (unpaired) electrons. The SMILES string of the molecule is O=C1C=CC2OC2N1. The van der Waals surface area contributed by atoms with E-state index in [0.29, 0.717) is 0 Å². The third kappa shape index (κ3) is 0.448. The number of hydrogen-bond acceptors (Lipinski definition) is 2. The molecule has 1 amide bonds. The van der Waals surface area contributed by atoms with Crippen molar-refractivity contribution < 1.29 is 9.53 Å². The van der Waals surface area contributed by atoms with Gasteiger partial charge in [-0.05, 0) is 6.08 Å². The molecule has 0 aromatic heterocycles. The second-order valence-electron chi connectivity index (χ2n) is 1.89. The summed E-state index contributed by atoms with van der Waals surface area (Å²) in [4.78, 5) is 10.4. The molecule has 3 heteroatoms. The van der Waals surface area contributed by atoms with Gasteiger partial charge in [-0.15, -0.1) is 0 Å². The van der Waals surface area contributed by atoms with Gasteiger partial charge < -0.3 is 10.1 Å². The summed E-state index contributed by atoms with van der Waals surface area (Å²) in [6.07, 6.45) is 3.43. The van der Waals surface area contributed by atoms with E-state index in [0.717, 1.165) is 0 Å². The lowest BCUT2D eigenvalue weighted by Gasteiger charge is -1.97. The van der Waals surface area contributed by atoms with Gasteiger partial charge in [0, 0.05) is 6.08 Å². The van der Waals surface area contributed by atoms with Crippen molar-refractivity contribution in [3.63, 3.8) is 0 Å². The molecule has 42 valence electrons. The zero-order valence-corrected chi connectivity index (χ0v) is 4.13. The molecule has 0 saturated carbocycles. The molecule has 1 fully saturated rings. The molecular formula is C5H5NO2. The monoisotopic (exact) mass is 111 g/mol. The molecule has 2 heterocycles. The van der Waals surface area contributed by atoms with Crippen LogP contribution in [0.4, 0.5) is 0 Å². The van der Waals surface area contributed by atoms with Crippen LogP contribution in [0.25, 0.3) is 0 Å². The largest absolute Gasteiger partial charge is 0.343 e. The summed E-state index contributed by atoms with van der Waals surface area (Å²) in [5.74, 6) is -0.0521. The molecule has 1 saturated heterocycles. The van der Waals surface area contributed by atoms with Crippen LogP contribution in [-0.2, 0) is 9.53 Å². The first-order chi connectivity index (χ1) is 3.86. The summed E-state index contributed by atoms with van der Waals surface area (Å²) in [5.41, 5.74) is 0. The molecule has 2 aliphatic rings. The van der Waals surface area contributed by atoms with Crippen LogP contribution < -0.4 is 5.32 Å². The van der Waals surface area contributed by atoms with Gasteiger partial charge >= 0.3 is 0 Å². The summed E-state index contributed by atoms with van der Waals surface area (Å²) >= 11 is 0. The molecule has 2 unspecified atom stereocenters. The quantitative estimate of drug-likeness (QED) is 0.424. The smallest absolute Gasteiger partial charge is 0.245 e. The van der Waals surface area contributed by atoms with Crippen molar-refractivity contribution in [1.29, 1.82) is 0 Å². The molecule has 1 N–H and O–H groups in total. The molecule has 2 atom stereocenters. The molecule has 0 spiro atoms. The third-order valence-electron chi connectivity index (χ3n) is 1.25. The van der Waals surface area contributed by atoms with E-state index in [4.69, 9.17) is 4.74 Å². The second-order valence-corrected chi connectivity index (χ2v) is 1.89. The summed E-state index contributed by atoms with van der Waals surface area (Å²) in [7, 11) is 0. The highest BCUT2D eigenvalue weighted by molar-refractivity contribution is 5.89. The van der Waals surface area contributed by atoms with Crippen molar-refractivity contribution in [1.82, 2.24) is 5.32 Å². The fraction of sp³-hybridized carbons (Fsp3) is 0.400. The Morgan fingerprint density at radius 2 is 2.62 bits per heavy atom. The molecule has 8 heavy (non-hydrogen) atoms. The van der Waals surface area contributed by atoms with Gasteiger partial charge in [0.15, 0.2) is 6.23 Å². The fourth-order valence-corrected chi connectivity index (χ4v) is 0.757. The van der Waals surface area contributed by atoms with Gasteiger partial charge in [-0.3, -0.25) is 4.79 Å². The Kier molecular flexibility index (Phi) is 0.569. The van der Waals surface area contributed by atoms with E-state index in [1.54, 1.807) is 6.08 Å². The molecule has 0 aromatic rings. The lowest BCUT2D eigenvalue weighted by atomic mass is 10.3. The van der Waals surface area contributed by atoms with Gasteiger partial charge in [0.2, 0.25) is 5.91 Å². The molecule has 2 rings (SSSR count). The number of fused-ring (bicyclic) bond motifs is 1. The minimum Gasteiger partial charge on any atom is -0.343 e. The topological polar surface area (TPSA) is 41.6 Å². The van der Waals surface area contributed by atoms with Crippen molar-refractivity contribution in [3.8, 4) is 0 Å². The van der Waals surface area contributed by atoms with E-state index in [2.05, 4.69) is 5.32 Å². The number of nitrogens with one attached hydrogen (secondary N) is 1. The Balaban J connectivity index is 2.21.